The van der Waals surface area contributed by atoms with E-state index < -0.39 is 5.97 Å². The maximum atomic E-state index is 11.0. The van der Waals surface area contributed by atoms with E-state index in [1.54, 1.807) is 6.92 Å². The van der Waals surface area contributed by atoms with Crippen LogP contribution in [0, 0.1) is 0 Å². The fourth-order valence-corrected chi connectivity index (χ4v) is 0.940. The van der Waals surface area contributed by atoms with Gasteiger partial charge >= 0.3 is 5.97 Å². The molecular formula is C7H8N2O3. The molecule has 0 fully saturated rings. The van der Waals surface area contributed by atoms with Gasteiger partial charge in [0, 0.05) is 0 Å². The average Bonchev–Trinajstić information content (AvgIpc) is 2.03. The van der Waals surface area contributed by atoms with Gasteiger partial charge in [0.05, 0.1) is 11.9 Å². The van der Waals surface area contributed by atoms with Crippen LogP contribution in [-0.4, -0.2) is 21.0 Å². The van der Waals surface area contributed by atoms with Crippen molar-refractivity contribution in [2.75, 3.05) is 0 Å². The van der Waals surface area contributed by atoms with Gasteiger partial charge in [-0.2, -0.15) is 0 Å². The van der Waals surface area contributed by atoms with E-state index in [9.17, 15) is 9.59 Å². The molecule has 64 valence electrons. The Kier molecular flexibility index (Phi) is 2.23. The molecule has 0 unspecified atom stereocenters. The molecular weight excluding hydrogens is 160 g/mol. The summed E-state index contributed by atoms with van der Waals surface area (Å²) in [7, 11) is 0. The van der Waals surface area contributed by atoms with Crippen LogP contribution in [0.3, 0.4) is 0 Å². The zero-order valence-electron chi connectivity index (χ0n) is 6.50. The van der Waals surface area contributed by atoms with E-state index in [2.05, 4.69) is 9.97 Å². The van der Waals surface area contributed by atoms with Gasteiger partial charge in [-0.3, -0.25) is 4.79 Å². The Morgan fingerprint density at radius 2 is 2.42 bits per heavy atom. The zero-order valence-corrected chi connectivity index (χ0v) is 6.50. The van der Waals surface area contributed by atoms with Crippen LogP contribution in [0.1, 0.15) is 23.0 Å². The molecule has 1 aromatic heterocycles. The van der Waals surface area contributed by atoms with Gasteiger partial charge in [0.15, 0.2) is 5.69 Å². The van der Waals surface area contributed by atoms with Crippen LogP contribution in [0.15, 0.2) is 11.1 Å². The predicted molar refractivity (Wildman–Crippen MR) is 41.2 cm³/mol. The van der Waals surface area contributed by atoms with Crippen molar-refractivity contribution in [1.29, 1.82) is 0 Å². The first-order chi connectivity index (χ1) is 5.66. The number of aromatic nitrogens is 2. The number of H-pyrrole nitrogens is 1. The van der Waals surface area contributed by atoms with Gasteiger partial charge in [-0.15, -0.1) is 0 Å². The number of aromatic amines is 1. The Morgan fingerprint density at radius 1 is 1.75 bits per heavy atom. The lowest BCUT2D eigenvalue weighted by atomic mass is 10.2. The van der Waals surface area contributed by atoms with Crippen molar-refractivity contribution < 1.29 is 9.90 Å². The van der Waals surface area contributed by atoms with Crippen LogP contribution in [0.25, 0.3) is 0 Å². The maximum Gasteiger partial charge on any atom is 0.355 e. The van der Waals surface area contributed by atoms with E-state index in [-0.39, 0.29) is 16.8 Å². The summed E-state index contributed by atoms with van der Waals surface area (Å²) in [4.78, 5) is 27.4. The molecule has 0 aliphatic heterocycles. The number of hydrogen-bond donors (Lipinski definition) is 2. The maximum absolute atomic E-state index is 11.0. The highest BCUT2D eigenvalue weighted by atomic mass is 16.4. The average molecular weight is 168 g/mol. The first kappa shape index (κ1) is 8.45. The molecule has 0 saturated heterocycles. The van der Waals surface area contributed by atoms with Gasteiger partial charge in [0.2, 0.25) is 0 Å². The number of carboxylic acid groups (broad SMARTS) is 1. The number of nitrogens with zero attached hydrogens (tertiary/aromatic N) is 1. The molecule has 0 bridgehead atoms. The summed E-state index contributed by atoms with van der Waals surface area (Å²) in [6, 6.07) is 0. The Hall–Kier alpha value is -1.65. The second-order valence-electron chi connectivity index (χ2n) is 2.22. The molecule has 0 radical (unpaired) electrons. The lowest BCUT2D eigenvalue weighted by molar-refractivity contribution is 0.0688. The number of nitrogens with one attached hydrogen (secondary N) is 1. The van der Waals surface area contributed by atoms with Crippen molar-refractivity contribution in [2.45, 2.75) is 13.3 Å². The van der Waals surface area contributed by atoms with Crippen molar-refractivity contribution in [3.63, 3.8) is 0 Å². The highest BCUT2D eigenvalue weighted by molar-refractivity contribution is 5.86. The SMILES string of the molecule is CCc1c(C(=O)O)nc[nH]c1=O. The standard InChI is InChI=1S/C7H8N2O3/c1-2-4-5(7(11)12)8-3-9-6(4)10/h3H,2H2,1H3,(H,11,12)(H,8,9,10). The van der Waals surface area contributed by atoms with Gasteiger partial charge in [0.25, 0.3) is 5.56 Å². The summed E-state index contributed by atoms with van der Waals surface area (Å²) in [5, 5.41) is 8.61. The topological polar surface area (TPSA) is 83.0 Å². The minimum atomic E-state index is -1.17. The summed E-state index contributed by atoms with van der Waals surface area (Å²) in [6.45, 7) is 1.71. The van der Waals surface area contributed by atoms with Crippen molar-refractivity contribution in [2.24, 2.45) is 0 Å². The van der Waals surface area contributed by atoms with Gasteiger partial charge < -0.3 is 10.1 Å². The molecule has 0 spiro atoms. The third kappa shape index (κ3) is 1.34. The number of carbonyl (C=O) groups is 1. The molecule has 0 aliphatic carbocycles. The molecule has 5 heteroatoms. The predicted octanol–water partition coefficient (Wildman–Crippen LogP) is 0.0305. The lowest BCUT2D eigenvalue weighted by Gasteiger charge is -1.98. The van der Waals surface area contributed by atoms with Crippen LogP contribution < -0.4 is 5.56 Å². The third-order valence-corrected chi connectivity index (χ3v) is 1.51. The Labute approximate surface area is 68.1 Å². The summed E-state index contributed by atoms with van der Waals surface area (Å²) >= 11 is 0. The second-order valence-corrected chi connectivity index (χ2v) is 2.22. The summed E-state index contributed by atoms with van der Waals surface area (Å²) in [5.41, 5.74) is -0.337. The molecule has 0 aliphatic rings. The van der Waals surface area contributed by atoms with Crippen molar-refractivity contribution >= 4 is 5.97 Å². The van der Waals surface area contributed by atoms with E-state index in [1.165, 1.54) is 0 Å². The summed E-state index contributed by atoms with van der Waals surface area (Å²) < 4.78 is 0. The number of rotatable bonds is 2. The minimum absolute atomic E-state index is 0.166. The smallest absolute Gasteiger partial charge is 0.355 e. The van der Waals surface area contributed by atoms with Crippen LogP contribution in [-0.2, 0) is 6.42 Å². The van der Waals surface area contributed by atoms with Crippen LogP contribution in [0.4, 0.5) is 0 Å². The third-order valence-electron chi connectivity index (χ3n) is 1.51. The van der Waals surface area contributed by atoms with Crippen molar-refractivity contribution in [3.8, 4) is 0 Å². The molecule has 0 amide bonds. The Bertz CT molecular complexity index is 356. The molecule has 5 nitrogen and oxygen atoms in total. The monoisotopic (exact) mass is 168 g/mol. The van der Waals surface area contributed by atoms with Crippen LogP contribution in [0.2, 0.25) is 0 Å². The molecule has 1 aromatic rings. The van der Waals surface area contributed by atoms with E-state index in [0.29, 0.717) is 6.42 Å². The highest BCUT2D eigenvalue weighted by Crippen LogP contribution is 1.98. The van der Waals surface area contributed by atoms with E-state index in [4.69, 9.17) is 5.11 Å². The van der Waals surface area contributed by atoms with Crippen LogP contribution >= 0.6 is 0 Å². The Morgan fingerprint density at radius 3 is 2.83 bits per heavy atom. The highest BCUT2D eigenvalue weighted by Gasteiger charge is 2.12. The van der Waals surface area contributed by atoms with Gasteiger partial charge in [-0.25, -0.2) is 9.78 Å². The minimum Gasteiger partial charge on any atom is -0.476 e. The van der Waals surface area contributed by atoms with Crippen molar-refractivity contribution in [3.05, 3.63) is 27.9 Å². The molecule has 1 heterocycles. The number of hydrogen-bond acceptors (Lipinski definition) is 3. The molecule has 2 N–H and O–H groups in total. The molecule has 0 aromatic carbocycles. The first-order valence-electron chi connectivity index (χ1n) is 3.46. The number of aromatic carboxylic acids is 1. The lowest BCUT2D eigenvalue weighted by Crippen LogP contribution is -2.18. The normalized spacial score (nSPS) is 9.75. The Balaban J connectivity index is 3.38. The number of carboxylic acids is 1. The van der Waals surface area contributed by atoms with E-state index >= 15 is 0 Å². The quantitative estimate of drug-likeness (QED) is 0.652. The van der Waals surface area contributed by atoms with Gasteiger partial charge in [0.1, 0.15) is 0 Å². The first-order valence-corrected chi connectivity index (χ1v) is 3.46. The fraction of sp³-hybridized carbons (Fsp3) is 0.286. The van der Waals surface area contributed by atoms with Crippen LogP contribution in [0.5, 0.6) is 0 Å². The molecule has 12 heavy (non-hydrogen) atoms. The van der Waals surface area contributed by atoms with E-state index in [0.717, 1.165) is 6.33 Å². The van der Waals surface area contributed by atoms with Crippen molar-refractivity contribution in [1.82, 2.24) is 9.97 Å². The largest absolute Gasteiger partial charge is 0.476 e. The van der Waals surface area contributed by atoms with Gasteiger partial charge in [-0.1, -0.05) is 6.92 Å². The van der Waals surface area contributed by atoms with E-state index in [1.807, 2.05) is 0 Å². The second kappa shape index (κ2) is 3.17. The molecule has 1 rings (SSSR count). The zero-order chi connectivity index (χ0) is 9.14. The summed E-state index contributed by atoms with van der Waals surface area (Å²) in [5.74, 6) is -1.17. The molecule has 0 saturated carbocycles. The fourth-order valence-electron chi connectivity index (χ4n) is 0.940. The van der Waals surface area contributed by atoms with Gasteiger partial charge in [-0.05, 0) is 6.42 Å². The summed E-state index contributed by atoms with van der Waals surface area (Å²) in [6.07, 6.45) is 1.45. The molecule has 0 atom stereocenters.